The fourth-order valence-electron chi connectivity index (χ4n) is 4.54. The molecule has 11 heteroatoms. The highest BCUT2D eigenvalue weighted by Gasteiger charge is 2.46. The first-order valence-electron chi connectivity index (χ1n) is 10.2. The van der Waals surface area contributed by atoms with E-state index in [0.717, 1.165) is 17.5 Å². The van der Waals surface area contributed by atoms with Gasteiger partial charge in [0, 0.05) is 50.1 Å². The quantitative estimate of drug-likeness (QED) is 0.725. The van der Waals surface area contributed by atoms with Crippen LogP contribution in [0.2, 0.25) is 0 Å². The zero-order chi connectivity index (χ0) is 21.5. The number of ether oxygens (including phenoxy) is 1. The molecule has 0 radical (unpaired) electrons. The number of aromatic nitrogens is 2. The van der Waals surface area contributed by atoms with Crippen molar-refractivity contribution in [3.63, 3.8) is 0 Å². The summed E-state index contributed by atoms with van der Waals surface area (Å²) in [5, 5.41) is 11.9. The van der Waals surface area contributed by atoms with E-state index < -0.39 is 11.1 Å². The maximum Gasteiger partial charge on any atom is 0.289 e. The van der Waals surface area contributed by atoms with Crippen molar-refractivity contribution in [1.29, 1.82) is 0 Å². The standard InChI is InChI=1S/C20H29N5O4S.ClH/c1-19(2)12-14(13-20(3,4)25(19)27)29-17-16(21-30-22-17)23-7-9-24(10-8-23)18(26)15-6-5-11-28-15;/h5-6,11,14,27H,7-10,12-13H2,1-4H3;1H. The molecule has 4 rings (SSSR count). The van der Waals surface area contributed by atoms with Crippen molar-refractivity contribution in [2.24, 2.45) is 0 Å². The number of carbonyl (C=O) groups excluding carboxylic acids is 1. The second kappa shape index (κ2) is 8.93. The van der Waals surface area contributed by atoms with E-state index in [1.807, 2.05) is 27.7 Å². The number of anilines is 1. The molecule has 2 aliphatic rings. The van der Waals surface area contributed by atoms with E-state index in [2.05, 4.69) is 13.6 Å². The molecule has 4 heterocycles. The lowest BCUT2D eigenvalue weighted by atomic mass is 9.80. The molecule has 0 saturated carbocycles. The van der Waals surface area contributed by atoms with Crippen LogP contribution in [0.25, 0.3) is 0 Å². The lowest BCUT2D eigenvalue weighted by molar-refractivity contribution is -0.255. The number of nitrogens with zero attached hydrogens (tertiary/aromatic N) is 5. The number of amides is 1. The van der Waals surface area contributed by atoms with Crippen LogP contribution < -0.4 is 9.64 Å². The minimum atomic E-state index is -0.395. The Morgan fingerprint density at radius 1 is 1.16 bits per heavy atom. The maximum atomic E-state index is 12.5. The molecule has 31 heavy (non-hydrogen) atoms. The van der Waals surface area contributed by atoms with Gasteiger partial charge in [-0.05, 0) is 39.8 Å². The Bertz CT molecular complexity index is 862. The van der Waals surface area contributed by atoms with Crippen LogP contribution in [0.3, 0.4) is 0 Å². The number of piperazine rings is 1. The fraction of sp³-hybridized carbons (Fsp3) is 0.650. The van der Waals surface area contributed by atoms with E-state index in [-0.39, 0.29) is 24.4 Å². The number of hydroxylamine groups is 2. The first-order valence-corrected chi connectivity index (χ1v) is 11.0. The van der Waals surface area contributed by atoms with Crippen LogP contribution in [0.15, 0.2) is 22.8 Å². The third-order valence-corrected chi connectivity index (χ3v) is 6.42. The van der Waals surface area contributed by atoms with Gasteiger partial charge in [-0.3, -0.25) is 4.79 Å². The number of hydrogen-bond acceptors (Lipinski definition) is 9. The topological polar surface area (TPSA) is 95.2 Å². The number of rotatable bonds is 4. The summed E-state index contributed by atoms with van der Waals surface area (Å²) in [6.45, 7) is 10.5. The number of halogens is 1. The van der Waals surface area contributed by atoms with E-state index in [1.54, 1.807) is 17.0 Å². The summed E-state index contributed by atoms with van der Waals surface area (Å²) in [6, 6.07) is 3.41. The largest absolute Gasteiger partial charge is 0.471 e. The molecule has 0 atom stereocenters. The zero-order valence-corrected chi connectivity index (χ0v) is 19.9. The molecule has 1 amide bonds. The first kappa shape index (κ1) is 23.8. The Labute approximate surface area is 192 Å². The minimum absolute atomic E-state index is 0. The van der Waals surface area contributed by atoms with E-state index >= 15 is 0 Å². The molecule has 0 spiro atoms. The lowest BCUT2D eigenvalue weighted by Crippen LogP contribution is -2.61. The summed E-state index contributed by atoms with van der Waals surface area (Å²) in [4.78, 5) is 16.4. The molecule has 1 N–H and O–H groups in total. The van der Waals surface area contributed by atoms with Crippen molar-refractivity contribution in [2.45, 2.75) is 57.7 Å². The summed E-state index contributed by atoms with van der Waals surface area (Å²) >= 11 is 1.13. The second-order valence-corrected chi connectivity index (χ2v) is 9.76. The summed E-state index contributed by atoms with van der Waals surface area (Å²) in [5.74, 6) is 1.54. The molecule has 2 saturated heterocycles. The minimum Gasteiger partial charge on any atom is -0.471 e. The third-order valence-electron chi connectivity index (χ3n) is 5.92. The van der Waals surface area contributed by atoms with Gasteiger partial charge < -0.3 is 24.2 Å². The normalized spacial score (nSPS) is 21.6. The van der Waals surface area contributed by atoms with Gasteiger partial charge in [-0.2, -0.15) is 9.44 Å². The molecule has 0 aromatic carbocycles. The SMILES string of the molecule is CC1(C)CC(Oc2nsnc2N2CCN(C(=O)c3ccco3)CC2)CC(C)(C)N1O.Cl. The van der Waals surface area contributed by atoms with Crippen LogP contribution in [0.1, 0.15) is 51.1 Å². The Balaban J connectivity index is 0.00000272. The summed E-state index contributed by atoms with van der Waals surface area (Å²) in [7, 11) is 0. The van der Waals surface area contributed by atoms with Gasteiger partial charge in [0.2, 0.25) is 5.82 Å². The van der Waals surface area contributed by atoms with Gasteiger partial charge in [0.25, 0.3) is 11.8 Å². The molecule has 2 aromatic heterocycles. The molecule has 0 bridgehead atoms. The highest BCUT2D eigenvalue weighted by atomic mass is 35.5. The van der Waals surface area contributed by atoms with Gasteiger partial charge in [-0.25, -0.2) is 0 Å². The van der Waals surface area contributed by atoms with Crippen LogP contribution in [0.4, 0.5) is 5.82 Å². The van der Waals surface area contributed by atoms with Crippen molar-refractivity contribution < 1.29 is 19.2 Å². The second-order valence-electron chi connectivity index (χ2n) is 9.23. The van der Waals surface area contributed by atoms with Crippen molar-refractivity contribution in [3.8, 4) is 5.88 Å². The van der Waals surface area contributed by atoms with Crippen LogP contribution >= 0.6 is 24.1 Å². The van der Waals surface area contributed by atoms with Crippen molar-refractivity contribution in [3.05, 3.63) is 24.2 Å². The molecule has 0 unspecified atom stereocenters. The Morgan fingerprint density at radius 3 is 2.39 bits per heavy atom. The molecule has 2 aliphatic heterocycles. The van der Waals surface area contributed by atoms with Gasteiger partial charge in [-0.15, -0.1) is 16.8 Å². The fourth-order valence-corrected chi connectivity index (χ4v) is 5.05. The maximum absolute atomic E-state index is 12.5. The van der Waals surface area contributed by atoms with Crippen LogP contribution in [0, 0.1) is 0 Å². The van der Waals surface area contributed by atoms with Crippen molar-refractivity contribution in [2.75, 3.05) is 31.1 Å². The summed E-state index contributed by atoms with van der Waals surface area (Å²) < 4.78 is 20.4. The monoisotopic (exact) mass is 471 g/mol. The van der Waals surface area contributed by atoms with Crippen LogP contribution in [-0.4, -0.2) is 73.2 Å². The van der Waals surface area contributed by atoms with Crippen LogP contribution in [0.5, 0.6) is 5.88 Å². The Kier molecular flexibility index (Phi) is 6.85. The van der Waals surface area contributed by atoms with Gasteiger partial charge in [0.15, 0.2) is 5.76 Å². The molecular formula is C20H30ClN5O4S. The van der Waals surface area contributed by atoms with Gasteiger partial charge in [0.05, 0.1) is 18.0 Å². The number of hydrogen-bond donors (Lipinski definition) is 1. The molecule has 2 fully saturated rings. The Morgan fingerprint density at radius 2 is 1.81 bits per heavy atom. The molecule has 172 valence electrons. The zero-order valence-electron chi connectivity index (χ0n) is 18.3. The predicted molar refractivity (Wildman–Crippen MR) is 119 cm³/mol. The highest BCUT2D eigenvalue weighted by Crippen LogP contribution is 2.39. The van der Waals surface area contributed by atoms with Crippen molar-refractivity contribution >= 4 is 35.9 Å². The smallest absolute Gasteiger partial charge is 0.289 e. The van der Waals surface area contributed by atoms with E-state index in [0.29, 0.717) is 50.7 Å². The Hall–Kier alpha value is -1.88. The molecule has 0 aliphatic carbocycles. The average molecular weight is 472 g/mol. The lowest BCUT2D eigenvalue weighted by Gasteiger charge is -2.51. The molecule has 2 aromatic rings. The summed E-state index contributed by atoms with van der Waals surface area (Å²) in [5.41, 5.74) is -0.790. The molecule has 9 nitrogen and oxygen atoms in total. The van der Waals surface area contributed by atoms with Gasteiger partial charge in [-0.1, -0.05) is 0 Å². The third kappa shape index (κ3) is 4.82. The number of furan rings is 1. The first-order chi connectivity index (χ1) is 14.2. The van der Waals surface area contributed by atoms with Gasteiger partial charge >= 0.3 is 0 Å². The number of carbonyl (C=O) groups is 1. The summed E-state index contributed by atoms with van der Waals surface area (Å²) in [6.07, 6.45) is 2.82. The highest BCUT2D eigenvalue weighted by molar-refractivity contribution is 6.99. The predicted octanol–water partition coefficient (Wildman–Crippen LogP) is 3.30. The van der Waals surface area contributed by atoms with Gasteiger partial charge in [0.1, 0.15) is 6.10 Å². The van der Waals surface area contributed by atoms with E-state index in [1.165, 1.54) is 11.3 Å². The van der Waals surface area contributed by atoms with Crippen molar-refractivity contribution in [1.82, 2.24) is 18.7 Å². The van der Waals surface area contributed by atoms with E-state index in [9.17, 15) is 10.0 Å². The average Bonchev–Trinajstić information content (AvgIpc) is 3.37. The van der Waals surface area contributed by atoms with E-state index in [4.69, 9.17) is 9.15 Å². The van der Waals surface area contributed by atoms with Crippen LogP contribution in [-0.2, 0) is 0 Å². The molecular weight excluding hydrogens is 442 g/mol. The number of piperidine rings is 1.